The maximum absolute atomic E-state index is 12.3. The summed E-state index contributed by atoms with van der Waals surface area (Å²) < 4.78 is 0. The van der Waals surface area contributed by atoms with E-state index in [2.05, 4.69) is 4.98 Å². The number of carbonyl (C=O) groups excluding carboxylic acids is 1. The number of fused-ring (bicyclic) bond motifs is 1. The zero-order valence-electron chi connectivity index (χ0n) is 9.33. The van der Waals surface area contributed by atoms with Crippen molar-refractivity contribution in [2.24, 2.45) is 0 Å². The SMILES string of the molecule is O=C(c1ccccc1)c1sc2ncccc2c1O. The maximum Gasteiger partial charge on any atom is 0.206 e. The molecule has 1 N–H and O–H groups in total. The molecule has 3 nitrogen and oxygen atoms in total. The molecule has 0 saturated heterocycles. The Labute approximate surface area is 107 Å². The van der Waals surface area contributed by atoms with Gasteiger partial charge >= 0.3 is 0 Å². The lowest BCUT2D eigenvalue weighted by atomic mass is 10.1. The summed E-state index contributed by atoms with van der Waals surface area (Å²) in [5.74, 6) is -0.145. The third-order valence-corrected chi connectivity index (χ3v) is 3.78. The molecule has 3 rings (SSSR count). The van der Waals surface area contributed by atoms with Crippen LogP contribution in [-0.4, -0.2) is 15.9 Å². The number of pyridine rings is 1. The van der Waals surface area contributed by atoms with E-state index in [4.69, 9.17) is 0 Å². The van der Waals surface area contributed by atoms with Gasteiger partial charge < -0.3 is 5.11 Å². The third-order valence-electron chi connectivity index (χ3n) is 2.68. The second kappa shape index (κ2) is 4.23. The Morgan fingerprint density at radius 1 is 1.11 bits per heavy atom. The van der Waals surface area contributed by atoms with Crippen LogP contribution in [0.1, 0.15) is 15.2 Å². The molecule has 0 fully saturated rings. The summed E-state index contributed by atoms with van der Waals surface area (Å²) in [5.41, 5.74) is 0.569. The topological polar surface area (TPSA) is 50.2 Å². The molecule has 0 saturated carbocycles. The summed E-state index contributed by atoms with van der Waals surface area (Å²) >= 11 is 1.22. The average molecular weight is 255 g/mol. The van der Waals surface area contributed by atoms with Gasteiger partial charge in [-0.3, -0.25) is 4.79 Å². The van der Waals surface area contributed by atoms with E-state index in [9.17, 15) is 9.90 Å². The Bertz CT molecular complexity index is 719. The molecule has 0 aliphatic rings. The van der Waals surface area contributed by atoms with E-state index in [-0.39, 0.29) is 11.5 Å². The molecular formula is C14H9NO2S. The van der Waals surface area contributed by atoms with E-state index < -0.39 is 0 Å². The lowest BCUT2D eigenvalue weighted by Crippen LogP contribution is -1.97. The van der Waals surface area contributed by atoms with Crippen LogP contribution in [-0.2, 0) is 0 Å². The van der Waals surface area contributed by atoms with Crippen LogP contribution in [0.2, 0.25) is 0 Å². The van der Waals surface area contributed by atoms with Gasteiger partial charge in [0.2, 0.25) is 5.78 Å². The number of nitrogens with zero attached hydrogens (tertiary/aromatic N) is 1. The predicted molar refractivity (Wildman–Crippen MR) is 71.2 cm³/mol. The van der Waals surface area contributed by atoms with E-state index in [1.807, 2.05) is 6.07 Å². The van der Waals surface area contributed by atoms with Crippen LogP contribution in [0, 0.1) is 0 Å². The van der Waals surface area contributed by atoms with Gasteiger partial charge in [0.25, 0.3) is 0 Å². The molecule has 0 atom stereocenters. The van der Waals surface area contributed by atoms with Crippen LogP contribution in [0.25, 0.3) is 10.2 Å². The maximum atomic E-state index is 12.3. The first kappa shape index (κ1) is 10.9. The number of carbonyl (C=O) groups is 1. The second-order valence-electron chi connectivity index (χ2n) is 3.83. The molecule has 0 amide bonds. The molecule has 0 bridgehead atoms. The van der Waals surface area contributed by atoms with Crippen LogP contribution in [0.5, 0.6) is 5.75 Å². The van der Waals surface area contributed by atoms with Crippen molar-refractivity contribution in [2.45, 2.75) is 0 Å². The Morgan fingerprint density at radius 2 is 1.89 bits per heavy atom. The molecule has 0 aliphatic carbocycles. The van der Waals surface area contributed by atoms with Crippen molar-refractivity contribution in [3.63, 3.8) is 0 Å². The van der Waals surface area contributed by atoms with Gasteiger partial charge in [-0.2, -0.15) is 0 Å². The number of benzene rings is 1. The normalized spacial score (nSPS) is 10.7. The van der Waals surface area contributed by atoms with Gasteiger partial charge in [-0.25, -0.2) is 4.98 Å². The quantitative estimate of drug-likeness (QED) is 0.715. The molecule has 88 valence electrons. The first-order valence-electron chi connectivity index (χ1n) is 5.43. The third kappa shape index (κ3) is 1.67. The second-order valence-corrected chi connectivity index (χ2v) is 4.83. The van der Waals surface area contributed by atoms with Crippen LogP contribution >= 0.6 is 11.3 Å². The number of aromatic hydroxyl groups is 1. The number of rotatable bonds is 2. The van der Waals surface area contributed by atoms with E-state index in [0.29, 0.717) is 20.7 Å². The van der Waals surface area contributed by atoms with Gasteiger partial charge in [-0.1, -0.05) is 30.3 Å². The molecule has 0 aliphatic heterocycles. The molecule has 0 radical (unpaired) electrons. The van der Waals surface area contributed by atoms with Crippen molar-refractivity contribution in [1.29, 1.82) is 0 Å². The lowest BCUT2D eigenvalue weighted by Gasteiger charge is -1.98. The molecular weight excluding hydrogens is 246 g/mol. The van der Waals surface area contributed by atoms with Crippen LogP contribution in [0.3, 0.4) is 0 Å². The summed E-state index contributed by atoms with van der Waals surface area (Å²) in [6.07, 6.45) is 1.65. The highest BCUT2D eigenvalue weighted by Gasteiger charge is 2.19. The fraction of sp³-hybridized carbons (Fsp3) is 0. The van der Waals surface area contributed by atoms with Gasteiger partial charge in [-0.05, 0) is 12.1 Å². The van der Waals surface area contributed by atoms with E-state index in [1.54, 1.807) is 42.6 Å². The number of thiophene rings is 1. The summed E-state index contributed by atoms with van der Waals surface area (Å²) in [4.78, 5) is 17.4. The van der Waals surface area contributed by atoms with Crippen LogP contribution in [0.4, 0.5) is 0 Å². The van der Waals surface area contributed by atoms with E-state index in [0.717, 1.165) is 0 Å². The molecule has 1 aromatic carbocycles. The minimum absolute atomic E-state index is 0.0250. The fourth-order valence-corrected chi connectivity index (χ4v) is 2.79. The molecule has 18 heavy (non-hydrogen) atoms. The highest BCUT2D eigenvalue weighted by Crippen LogP contribution is 2.36. The lowest BCUT2D eigenvalue weighted by molar-refractivity contribution is 0.104. The van der Waals surface area contributed by atoms with Crippen molar-refractivity contribution < 1.29 is 9.90 Å². The zero-order valence-corrected chi connectivity index (χ0v) is 10.1. The Hall–Kier alpha value is -2.20. The highest BCUT2D eigenvalue weighted by molar-refractivity contribution is 7.21. The van der Waals surface area contributed by atoms with Gasteiger partial charge in [0, 0.05) is 11.8 Å². The van der Waals surface area contributed by atoms with Crippen molar-refractivity contribution in [3.05, 3.63) is 59.1 Å². The van der Waals surface area contributed by atoms with Crippen molar-refractivity contribution in [1.82, 2.24) is 4.98 Å². The van der Waals surface area contributed by atoms with Gasteiger partial charge in [0.1, 0.15) is 15.5 Å². The summed E-state index contributed by atoms with van der Waals surface area (Å²) in [6.45, 7) is 0. The Kier molecular flexibility index (Phi) is 2.57. The van der Waals surface area contributed by atoms with Gasteiger partial charge in [-0.15, -0.1) is 11.3 Å². The Balaban J connectivity index is 2.15. The number of hydrogen-bond acceptors (Lipinski definition) is 4. The summed E-state index contributed by atoms with van der Waals surface area (Å²) in [6, 6.07) is 12.4. The molecule has 0 spiro atoms. The zero-order chi connectivity index (χ0) is 12.5. The predicted octanol–water partition coefficient (Wildman–Crippen LogP) is 3.23. The minimum Gasteiger partial charge on any atom is -0.506 e. The number of hydrogen-bond donors (Lipinski definition) is 1. The number of ketones is 1. The average Bonchev–Trinajstić information content (AvgIpc) is 2.77. The van der Waals surface area contributed by atoms with E-state index >= 15 is 0 Å². The summed E-state index contributed by atoms with van der Waals surface area (Å²) in [7, 11) is 0. The van der Waals surface area contributed by atoms with Crippen molar-refractivity contribution >= 4 is 27.3 Å². The van der Waals surface area contributed by atoms with Crippen LogP contribution in [0.15, 0.2) is 48.7 Å². The standard InChI is InChI=1S/C14H9NO2S/c16-11(9-5-2-1-3-6-9)13-12(17)10-7-4-8-15-14(10)18-13/h1-8,17H. The largest absolute Gasteiger partial charge is 0.506 e. The molecule has 3 aromatic rings. The first-order valence-corrected chi connectivity index (χ1v) is 6.25. The van der Waals surface area contributed by atoms with Crippen molar-refractivity contribution in [2.75, 3.05) is 0 Å². The Morgan fingerprint density at radius 3 is 2.61 bits per heavy atom. The van der Waals surface area contributed by atoms with Gasteiger partial charge in [0.15, 0.2) is 0 Å². The minimum atomic E-state index is -0.170. The molecule has 2 aromatic heterocycles. The number of aromatic nitrogens is 1. The smallest absolute Gasteiger partial charge is 0.206 e. The van der Waals surface area contributed by atoms with Crippen molar-refractivity contribution in [3.8, 4) is 5.75 Å². The first-order chi connectivity index (χ1) is 8.77. The molecule has 0 unspecified atom stereocenters. The van der Waals surface area contributed by atoms with Gasteiger partial charge in [0.05, 0.1) is 5.39 Å². The summed E-state index contributed by atoms with van der Waals surface area (Å²) in [5, 5.41) is 10.7. The fourth-order valence-electron chi connectivity index (χ4n) is 1.79. The van der Waals surface area contributed by atoms with E-state index in [1.165, 1.54) is 11.3 Å². The molecule has 4 heteroatoms. The monoisotopic (exact) mass is 255 g/mol. The molecule has 2 heterocycles. The highest BCUT2D eigenvalue weighted by atomic mass is 32.1. The van der Waals surface area contributed by atoms with Crippen LogP contribution < -0.4 is 0 Å².